The van der Waals surface area contributed by atoms with Crippen LogP contribution in [0.3, 0.4) is 0 Å². The molecule has 2 N–H and O–H groups in total. The Kier molecular flexibility index (Phi) is 5.16. The van der Waals surface area contributed by atoms with Crippen LogP contribution < -0.4 is 5.32 Å². The molecule has 2 amide bonds. The molecule has 0 unspecified atom stereocenters. The number of hydrogen-bond donors (Lipinski definition) is 2. The molecular weight excluding hydrogens is 380 g/mol. The molecule has 0 aliphatic carbocycles. The number of halogens is 1. The smallest absolute Gasteiger partial charge is 0.321 e. The van der Waals surface area contributed by atoms with Crippen LogP contribution in [0.2, 0.25) is 0 Å². The SMILES string of the molecule is Cc1cc(C)cc(NC(=O)N2CCC(O)(c3ccc(Br)cc3)CC2)c1. The lowest BCUT2D eigenvalue weighted by Crippen LogP contribution is -2.46. The number of amides is 2. The van der Waals surface area contributed by atoms with Gasteiger partial charge in [-0.25, -0.2) is 4.79 Å². The van der Waals surface area contributed by atoms with Crippen molar-refractivity contribution in [2.45, 2.75) is 32.3 Å². The van der Waals surface area contributed by atoms with E-state index in [9.17, 15) is 9.90 Å². The minimum Gasteiger partial charge on any atom is -0.385 e. The molecule has 1 fully saturated rings. The van der Waals surface area contributed by atoms with Crippen molar-refractivity contribution in [3.8, 4) is 0 Å². The van der Waals surface area contributed by atoms with E-state index in [-0.39, 0.29) is 6.03 Å². The summed E-state index contributed by atoms with van der Waals surface area (Å²) in [6.07, 6.45) is 1.07. The molecule has 3 rings (SSSR count). The quantitative estimate of drug-likeness (QED) is 0.771. The molecule has 4 nitrogen and oxygen atoms in total. The third kappa shape index (κ3) is 4.22. The van der Waals surface area contributed by atoms with E-state index in [1.807, 2.05) is 50.2 Å². The first kappa shape index (κ1) is 18.0. The second-order valence-corrected chi connectivity index (χ2v) is 7.75. The lowest BCUT2D eigenvalue weighted by atomic mass is 9.84. The number of carbonyl (C=O) groups is 1. The summed E-state index contributed by atoms with van der Waals surface area (Å²) < 4.78 is 0.991. The average Bonchev–Trinajstić information content (AvgIpc) is 2.55. The maximum absolute atomic E-state index is 12.5. The van der Waals surface area contributed by atoms with Crippen molar-refractivity contribution in [1.29, 1.82) is 0 Å². The highest BCUT2D eigenvalue weighted by molar-refractivity contribution is 9.10. The van der Waals surface area contributed by atoms with Crippen LogP contribution in [0.5, 0.6) is 0 Å². The van der Waals surface area contributed by atoms with Gasteiger partial charge in [-0.1, -0.05) is 34.1 Å². The zero-order valence-corrected chi connectivity index (χ0v) is 16.1. The largest absolute Gasteiger partial charge is 0.385 e. The van der Waals surface area contributed by atoms with Crippen molar-refractivity contribution in [3.63, 3.8) is 0 Å². The van der Waals surface area contributed by atoms with E-state index in [1.165, 1.54) is 0 Å². The highest BCUT2D eigenvalue weighted by atomic mass is 79.9. The van der Waals surface area contributed by atoms with Gasteiger partial charge in [0, 0.05) is 23.2 Å². The Labute approximate surface area is 157 Å². The van der Waals surface area contributed by atoms with Gasteiger partial charge in [0.2, 0.25) is 0 Å². The number of rotatable bonds is 2. The number of aliphatic hydroxyl groups is 1. The highest BCUT2D eigenvalue weighted by Crippen LogP contribution is 2.33. The van der Waals surface area contributed by atoms with Gasteiger partial charge in [0.25, 0.3) is 0 Å². The molecule has 2 aromatic carbocycles. The van der Waals surface area contributed by atoms with Crippen molar-refractivity contribution in [1.82, 2.24) is 4.90 Å². The molecule has 0 bridgehead atoms. The van der Waals surface area contributed by atoms with Crippen molar-refractivity contribution >= 4 is 27.6 Å². The summed E-state index contributed by atoms with van der Waals surface area (Å²) in [5.41, 5.74) is 3.11. The van der Waals surface area contributed by atoms with Gasteiger partial charge in [0.05, 0.1) is 5.60 Å². The molecule has 0 atom stereocenters. The Morgan fingerprint density at radius 1 is 1.08 bits per heavy atom. The van der Waals surface area contributed by atoms with Crippen molar-refractivity contribution in [2.75, 3.05) is 18.4 Å². The zero-order valence-electron chi connectivity index (χ0n) is 14.6. The second kappa shape index (κ2) is 7.18. The van der Waals surface area contributed by atoms with Crippen LogP contribution in [-0.2, 0) is 5.60 Å². The van der Waals surface area contributed by atoms with Crippen LogP contribution in [0.25, 0.3) is 0 Å². The Bertz CT molecular complexity index is 746. The highest BCUT2D eigenvalue weighted by Gasteiger charge is 2.35. The van der Waals surface area contributed by atoms with Gasteiger partial charge in [-0.05, 0) is 67.6 Å². The van der Waals surface area contributed by atoms with E-state index in [0.29, 0.717) is 25.9 Å². The number of benzene rings is 2. The van der Waals surface area contributed by atoms with E-state index in [2.05, 4.69) is 27.3 Å². The Morgan fingerprint density at radius 2 is 1.64 bits per heavy atom. The molecule has 1 saturated heterocycles. The fraction of sp³-hybridized carbons (Fsp3) is 0.350. The second-order valence-electron chi connectivity index (χ2n) is 6.83. The van der Waals surface area contributed by atoms with E-state index < -0.39 is 5.60 Å². The summed E-state index contributed by atoms with van der Waals surface area (Å²) >= 11 is 3.41. The molecule has 0 spiro atoms. The number of likely N-dealkylation sites (tertiary alicyclic amines) is 1. The van der Waals surface area contributed by atoms with Crippen molar-refractivity contribution in [3.05, 3.63) is 63.6 Å². The van der Waals surface area contributed by atoms with Crippen LogP contribution in [0.15, 0.2) is 46.9 Å². The van der Waals surface area contributed by atoms with Crippen molar-refractivity contribution < 1.29 is 9.90 Å². The van der Waals surface area contributed by atoms with Crippen LogP contribution in [-0.4, -0.2) is 29.1 Å². The molecule has 132 valence electrons. The molecule has 2 aromatic rings. The first-order valence-electron chi connectivity index (χ1n) is 8.48. The number of urea groups is 1. The summed E-state index contributed by atoms with van der Waals surface area (Å²) in [4.78, 5) is 14.3. The minimum absolute atomic E-state index is 0.108. The number of carbonyl (C=O) groups excluding carboxylic acids is 1. The Morgan fingerprint density at radius 3 is 2.20 bits per heavy atom. The predicted molar refractivity (Wildman–Crippen MR) is 104 cm³/mol. The van der Waals surface area contributed by atoms with Gasteiger partial charge in [-0.2, -0.15) is 0 Å². The third-order valence-electron chi connectivity index (χ3n) is 4.73. The van der Waals surface area contributed by atoms with E-state index >= 15 is 0 Å². The van der Waals surface area contributed by atoms with Crippen molar-refractivity contribution in [2.24, 2.45) is 0 Å². The molecule has 5 heteroatoms. The fourth-order valence-electron chi connectivity index (χ4n) is 3.38. The molecule has 0 radical (unpaired) electrons. The lowest BCUT2D eigenvalue weighted by molar-refractivity contribution is -0.0157. The Hall–Kier alpha value is -1.85. The van der Waals surface area contributed by atoms with Gasteiger partial charge in [0.15, 0.2) is 0 Å². The summed E-state index contributed by atoms with van der Waals surface area (Å²) in [6.45, 7) is 5.09. The molecule has 0 saturated carbocycles. The maximum Gasteiger partial charge on any atom is 0.321 e. The van der Waals surface area contributed by atoms with E-state index in [0.717, 1.165) is 26.9 Å². The summed E-state index contributed by atoms with van der Waals surface area (Å²) in [7, 11) is 0. The maximum atomic E-state index is 12.5. The average molecular weight is 403 g/mol. The number of anilines is 1. The van der Waals surface area contributed by atoms with Gasteiger partial charge >= 0.3 is 6.03 Å². The molecule has 1 aliphatic heterocycles. The van der Waals surface area contributed by atoms with Crippen LogP contribution in [0, 0.1) is 13.8 Å². The number of nitrogens with one attached hydrogen (secondary N) is 1. The topological polar surface area (TPSA) is 52.6 Å². The van der Waals surface area contributed by atoms with Gasteiger partial charge in [-0.15, -0.1) is 0 Å². The number of piperidine rings is 1. The van der Waals surface area contributed by atoms with Gasteiger partial charge in [0.1, 0.15) is 0 Å². The molecular formula is C20H23BrN2O2. The molecule has 1 aliphatic rings. The summed E-state index contributed by atoms with van der Waals surface area (Å²) in [5, 5.41) is 13.9. The van der Waals surface area contributed by atoms with E-state index in [4.69, 9.17) is 0 Å². The number of aryl methyl sites for hydroxylation is 2. The standard InChI is InChI=1S/C20H23BrN2O2/c1-14-11-15(2)13-18(12-14)22-19(24)23-9-7-20(25,8-10-23)16-3-5-17(21)6-4-16/h3-6,11-13,25H,7-10H2,1-2H3,(H,22,24). The van der Waals surface area contributed by atoms with Gasteiger partial charge in [-0.3, -0.25) is 0 Å². The van der Waals surface area contributed by atoms with Crippen LogP contribution in [0.1, 0.15) is 29.5 Å². The first-order chi connectivity index (χ1) is 11.9. The Balaban J connectivity index is 1.63. The monoisotopic (exact) mass is 402 g/mol. The number of nitrogens with zero attached hydrogens (tertiary/aromatic N) is 1. The summed E-state index contributed by atoms with van der Waals surface area (Å²) in [6, 6.07) is 13.7. The first-order valence-corrected chi connectivity index (χ1v) is 9.28. The predicted octanol–water partition coefficient (Wildman–Crippen LogP) is 4.58. The molecule has 0 aromatic heterocycles. The third-order valence-corrected chi connectivity index (χ3v) is 5.26. The minimum atomic E-state index is -0.864. The zero-order chi connectivity index (χ0) is 18.0. The molecule has 25 heavy (non-hydrogen) atoms. The van der Waals surface area contributed by atoms with E-state index in [1.54, 1.807) is 4.90 Å². The normalized spacial score (nSPS) is 16.6. The van der Waals surface area contributed by atoms with Crippen LogP contribution in [0.4, 0.5) is 10.5 Å². The van der Waals surface area contributed by atoms with Crippen LogP contribution >= 0.6 is 15.9 Å². The summed E-state index contributed by atoms with van der Waals surface area (Å²) in [5.74, 6) is 0. The number of hydrogen-bond acceptors (Lipinski definition) is 2. The lowest BCUT2D eigenvalue weighted by Gasteiger charge is -2.38. The fourth-order valence-corrected chi connectivity index (χ4v) is 3.64. The van der Waals surface area contributed by atoms with Gasteiger partial charge < -0.3 is 15.3 Å². The molecule has 1 heterocycles.